The van der Waals surface area contributed by atoms with Crippen molar-refractivity contribution in [3.63, 3.8) is 0 Å². The SMILES string of the molecule is O=C(NCCCOc1ccccc1)c1cccc(=O)[nH]1. The smallest absolute Gasteiger partial charge is 0.267 e. The predicted molar refractivity (Wildman–Crippen MR) is 75.9 cm³/mol. The number of amides is 1. The fraction of sp³-hybridized carbons (Fsp3) is 0.200. The first-order valence-electron chi connectivity index (χ1n) is 6.41. The Kier molecular flexibility index (Phi) is 4.94. The highest BCUT2D eigenvalue weighted by Crippen LogP contribution is 2.07. The summed E-state index contributed by atoms with van der Waals surface area (Å²) in [6, 6.07) is 14.0. The van der Waals surface area contributed by atoms with Gasteiger partial charge in [0, 0.05) is 12.6 Å². The Labute approximate surface area is 116 Å². The molecular weight excluding hydrogens is 256 g/mol. The van der Waals surface area contributed by atoms with Gasteiger partial charge in [0.25, 0.3) is 5.91 Å². The molecule has 1 heterocycles. The molecule has 0 unspecified atom stereocenters. The lowest BCUT2D eigenvalue weighted by atomic mass is 10.3. The Balaban J connectivity index is 1.68. The predicted octanol–water partition coefficient (Wildman–Crippen LogP) is 1.57. The van der Waals surface area contributed by atoms with Gasteiger partial charge in [0.2, 0.25) is 5.56 Å². The van der Waals surface area contributed by atoms with E-state index >= 15 is 0 Å². The molecule has 0 spiro atoms. The first-order valence-corrected chi connectivity index (χ1v) is 6.41. The van der Waals surface area contributed by atoms with Crippen molar-refractivity contribution in [3.05, 3.63) is 64.6 Å². The van der Waals surface area contributed by atoms with Crippen molar-refractivity contribution in [2.24, 2.45) is 0 Å². The molecule has 1 aromatic carbocycles. The van der Waals surface area contributed by atoms with Gasteiger partial charge in [0.05, 0.1) is 6.61 Å². The molecule has 5 heteroatoms. The number of aromatic nitrogens is 1. The minimum absolute atomic E-state index is 0.265. The standard InChI is InChI=1S/C15H16N2O3/c18-14-9-4-8-13(17-14)15(19)16-10-5-11-20-12-6-2-1-3-7-12/h1-4,6-9H,5,10-11H2,(H,16,19)(H,17,18). The lowest BCUT2D eigenvalue weighted by molar-refractivity contribution is 0.0946. The number of carbonyl (C=O) groups excluding carboxylic acids is 1. The van der Waals surface area contributed by atoms with Gasteiger partial charge in [-0.15, -0.1) is 0 Å². The minimum Gasteiger partial charge on any atom is -0.494 e. The highest BCUT2D eigenvalue weighted by atomic mass is 16.5. The number of nitrogens with one attached hydrogen (secondary N) is 2. The zero-order chi connectivity index (χ0) is 14.2. The molecule has 2 N–H and O–H groups in total. The Hall–Kier alpha value is -2.56. The number of H-pyrrole nitrogens is 1. The fourth-order valence-corrected chi connectivity index (χ4v) is 1.66. The van der Waals surface area contributed by atoms with Crippen molar-refractivity contribution in [1.29, 1.82) is 0 Å². The first-order chi connectivity index (χ1) is 9.75. The summed E-state index contributed by atoms with van der Waals surface area (Å²) in [6.45, 7) is 1.01. The van der Waals surface area contributed by atoms with Crippen molar-refractivity contribution in [2.45, 2.75) is 6.42 Å². The van der Waals surface area contributed by atoms with Gasteiger partial charge in [-0.25, -0.2) is 0 Å². The summed E-state index contributed by atoms with van der Waals surface area (Å²) in [7, 11) is 0. The molecule has 0 aliphatic rings. The highest BCUT2D eigenvalue weighted by Gasteiger charge is 2.04. The molecule has 0 atom stereocenters. The average Bonchev–Trinajstić information content (AvgIpc) is 2.48. The summed E-state index contributed by atoms with van der Waals surface area (Å²) in [6.07, 6.45) is 0.692. The number of hydrogen-bond donors (Lipinski definition) is 2. The molecule has 104 valence electrons. The summed E-state index contributed by atoms with van der Waals surface area (Å²) >= 11 is 0. The molecule has 2 rings (SSSR count). The molecule has 0 radical (unpaired) electrons. The van der Waals surface area contributed by atoms with Crippen LogP contribution < -0.4 is 15.6 Å². The molecule has 0 saturated heterocycles. The summed E-state index contributed by atoms with van der Waals surface area (Å²) in [5.41, 5.74) is -0.0217. The number of rotatable bonds is 6. The maximum absolute atomic E-state index is 11.7. The van der Waals surface area contributed by atoms with E-state index in [-0.39, 0.29) is 17.2 Å². The quantitative estimate of drug-likeness (QED) is 0.784. The second-order valence-electron chi connectivity index (χ2n) is 4.20. The van der Waals surface area contributed by atoms with E-state index in [1.54, 1.807) is 12.1 Å². The lowest BCUT2D eigenvalue weighted by Gasteiger charge is -2.07. The number of hydrogen-bond acceptors (Lipinski definition) is 3. The van der Waals surface area contributed by atoms with Crippen LogP contribution in [0.25, 0.3) is 0 Å². The van der Waals surface area contributed by atoms with E-state index in [2.05, 4.69) is 10.3 Å². The van der Waals surface area contributed by atoms with Crippen LogP contribution in [0.3, 0.4) is 0 Å². The second-order valence-corrected chi connectivity index (χ2v) is 4.20. The molecule has 0 aliphatic heterocycles. The largest absolute Gasteiger partial charge is 0.494 e. The second kappa shape index (κ2) is 7.13. The van der Waals surface area contributed by atoms with Crippen LogP contribution in [-0.2, 0) is 0 Å². The van der Waals surface area contributed by atoms with Crippen LogP contribution in [-0.4, -0.2) is 24.0 Å². The maximum Gasteiger partial charge on any atom is 0.267 e. The van der Waals surface area contributed by atoms with Crippen LogP contribution in [0.5, 0.6) is 5.75 Å². The van der Waals surface area contributed by atoms with Crippen LogP contribution in [0.2, 0.25) is 0 Å². The summed E-state index contributed by atoms with van der Waals surface area (Å²) < 4.78 is 5.50. The third-order valence-corrected chi connectivity index (χ3v) is 2.63. The van der Waals surface area contributed by atoms with Crippen molar-refractivity contribution in [2.75, 3.05) is 13.2 Å². The summed E-state index contributed by atoms with van der Waals surface area (Å²) in [5.74, 6) is 0.522. The van der Waals surface area contributed by atoms with Crippen molar-refractivity contribution >= 4 is 5.91 Å². The van der Waals surface area contributed by atoms with E-state index in [0.29, 0.717) is 19.6 Å². The zero-order valence-corrected chi connectivity index (χ0v) is 11.0. The topological polar surface area (TPSA) is 71.2 Å². The van der Waals surface area contributed by atoms with Gasteiger partial charge in [-0.05, 0) is 24.6 Å². The normalized spacial score (nSPS) is 10.0. The Morgan fingerprint density at radius 2 is 1.90 bits per heavy atom. The fourth-order valence-electron chi connectivity index (χ4n) is 1.66. The lowest BCUT2D eigenvalue weighted by Crippen LogP contribution is -2.27. The van der Waals surface area contributed by atoms with E-state index in [1.807, 2.05) is 30.3 Å². The molecular formula is C15H16N2O3. The molecule has 2 aromatic rings. The Bertz CT molecular complexity index is 608. The van der Waals surface area contributed by atoms with E-state index in [9.17, 15) is 9.59 Å². The van der Waals surface area contributed by atoms with Crippen LogP contribution >= 0.6 is 0 Å². The Morgan fingerprint density at radius 1 is 1.10 bits per heavy atom. The minimum atomic E-state index is -0.289. The van der Waals surface area contributed by atoms with Gasteiger partial charge in [-0.3, -0.25) is 9.59 Å². The van der Waals surface area contributed by atoms with Gasteiger partial charge < -0.3 is 15.0 Å². The first kappa shape index (κ1) is 13.9. The third-order valence-electron chi connectivity index (χ3n) is 2.63. The number of para-hydroxylation sites is 1. The van der Waals surface area contributed by atoms with E-state index in [0.717, 1.165) is 5.75 Å². The number of ether oxygens (including phenoxy) is 1. The maximum atomic E-state index is 11.7. The van der Waals surface area contributed by atoms with Crippen LogP contribution in [0, 0.1) is 0 Å². The number of aromatic amines is 1. The summed E-state index contributed by atoms with van der Waals surface area (Å²) in [4.78, 5) is 25.3. The van der Waals surface area contributed by atoms with Gasteiger partial charge in [0.15, 0.2) is 0 Å². The molecule has 0 saturated carbocycles. The van der Waals surface area contributed by atoms with Gasteiger partial charge in [-0.2, -0.15) is 0 Å². The van der Waals surface area contributed by atoms with Crippen molar-refractivity contribution in [1.82, 2.24) is 10.3 Å². The number of carbonyl (C=O) groups is 1. The molecule has 0 aliphatic carbocycles. The van der Waals surface area contributed by atoms with Gasteiger partial charge >= 0.3 is 0 Å². The molecule has 1 amide bonds. The number of pyridine rings is 1. The van der Waals surface area contributed by atoms with Crippen molar-refractivity contribution in [3.8, 4) is 5.75 Å². The zero-order valence-electron chi connectivity index (χ0n) is 11.0. The molecule has 20 heavy (non-hydrogen) atoms. The van der Waals surface area contributed by atoms with E-state index in [1.165, 1.54) is 6.07 Å². The van der Waals surface area contributed by atoms with Crippen molar-refractivity contribution < 1.29 is 9.53 Å². The summed E-state index contributed by atoms with van der Waals surface area (Å²) in [5, 5.41) is 2.72. The molecule has 5 nitrogen and oxygen atoms in total. The highest BCUT2D eigenvalue weighted by molar-refractivity contribution is 5.92. The molecule has 0 bridgehead atoms. The molecule has 1 aromatic heterocycles. The van der Waals surface area contributed by atoms with E-state index < -0.39 is 0 Å². The van der Waals surface area contributed by atoms with E-state index in [4.69, 9.17) is 4.74 Å². The van der Waals surface area contributed by atoms with Crippen LogP contribution in [0.15, 0.2) is 53.3 Å². The Morgan fingerprint density at radius 3 is 2.65 bits per heavy atom. The third kappa shape index (κ3) is 4.28. The molecule has 0 fully saturated rings. The van der Waals surface area contributed by atoms with Gasteiger partial charge in [0.1, 0.15) is 11.4 Å². The van der Waals surface area contributed by atoms with Crippen LogP contribution in [0.1, 0.15) is 16.9 Å². The number of benzene rings is 1. The monoisotopic (exact) mass is 272 g/mol. The average molecular weight is 272 g/mol. The van der Waals surface area contributed by atoms with Gasteiger partial charge in [-0.1, -0.05) is 24.3 Å². The van der Waals surface area contributed by atoms with Crippen LogP contribution in [0.4, 0.5) is 0 Å².